The maximum absolute atomic E-state index is 5.72. The van der Waals surface area contributed by atoms with Crippen LogP contribution >= 0.6 is 12.2 Å². The smallest absolute Gasteiger partial charge is 0.173 e. The number of morpholine rings is 1. The lowest BCUT2D eigenvalue weighted by Gasteiger charge is -2.29. The van der Waals surface area contributed by atoms with Crippen molar-refractivity contribution in [2.45, 2.75) is 13.0 Å². The van der Waals surface area contributed by atoms with E-state index in [-0.39, 0.29) is 0 Å². The number of thiocarbonyl (C=S) groups is 1. The molecule has 0 bridgehead atoms. The van der Waals surface area contributed by atoms with Crippen molar-refractivity contribution < 1.29 is 18.6 Å². The van der Waals surface area contributed by atoms with E-state index in [0.717, 1.165) is 63.0 Å². The zero-order valence-electron chi connectivity index (χ0n) is 17.1. The molecule has 1 aromatic heterocycles. The Morgan fingerprint density at radius 3 is 2.72 bits per heavy atom. The predicted molar refractivity (Wildman–Crippen MR) is 117 cm³/mol. The molecule has 1 N–H and O–H groups in total. The van der Waals surface area contributed by atoms with E-state index in [1.165, 1.54) is 0 Å². The molecule has 2 heterocycles. The number of nitrogens with zero attached hydrogens (tertiary/aromatic N) is 2. The minimum absolute atomic E-state index is 0.612. The fourth-order valence-electron chi connectivity index (χ4n) is 3.25. The largest absolute Gasteiger partial charge is 0.497 e. The van der Waals surface area contributed by atoms with Gasteiger partial charge in [0.05, 0.1) is 45.9 Å². The van der Waals surface area contributed by atoms with Crippen molar-refractivity contribution in [3.63, 3.8) is 0 Å². The normalized spacial score (nSPS) is 14.4. The molecule has 29 heavy (non-hydrogen) atoms. The first-order valence-electron chi connectivity index (χ1n) is 9.80. The van der Waals surface area contributed by atoms with Crippen molar-refractivity contribution in [3.05, 3.63) is 42.4 Å². The van der Waals surface area contributed by atoms with Crippen molar-refractivity contribution in [3.8, 4) is 11.5 Å². The Bertz CT molecular complexity index is 763. The highest BCUT2D eigenvalue weighted by Gasteiger charge is 2.16. The molecule has 2 aromatic rings. The molecule has 158 valence electrons. The quantitative estimate of drug-likeness (QED) is 0.622. The van der Waals surface area contributed by atoms with Gasteiger partial charge in [0.2, 0.25) is 0 Å². The van der Waals surface area contributed by atoms with Gasteiger partial charge in [0, 0.05) is 32.2 Å². The maximum Gasteiger partial charge on any atom is 0.173 e. The summed E-state index contributed by atoms with van der Waals surface area (Å²) in [7, 11) is 3.26. The Labute approximate surface area is 177 Å². The number of anilines is 1. The molecule has 3 rings (SSSR count). The predicted octanol–water partition coefficient (Wildman–Crippen LogP) is 3.22. The highest BCUT2D eigenvalue weighted by Crippen LogP contribution is 2.29. The van der Waals surface area contributed by atoms with Gasteiger partial charge in [-0.05, 0) is 42.9 Å². The molecule has 0 saturated carbocycles. The second-order valence-corrected chi connectivity index (χ2v) is 7.19. The van der Waals surface area contributed by atoms with Crippen LogP contribution in [0.5, 0.6) is 11.5 Å². The highest BCUT2D eigenvalue weighted by atomic mass is 32.1. The molecule has 1 aliphatic heterocycles. The van der Waals surface area contributed by atoms with Crippen molar-refractivity contribution in [2.24, 2.45) is 0 Å². The van der Waals surface area contributed by atoms with E-state index in [9.17, 15) is 0 Å². The van der Waals surface area contributed by atoms with Gasteiger partial charge in [-0.1, -0.05) is 0 Å². The molecule has 0 spiro atoms. The topological polar surface area (TPSA) is 59.3 Å². The summed E-state index contributed by atoms with van der Waals surface area (Å²) >= 11 is 5.72. The van der Waals surface area contributed by atoms with Gasteiger partial charge >= 0.3 is 0 Å². The first-order valence-corrected chi connectivity index (χ1v) is 10.2. The number of hydrogen-bond donors (Lipinski definition) is 1. The van der Waals surface area contributed by atoms with Crippen LogP contribution in [-0.4, -0.2) is 68.5 Å². The van der Waals surface area contributed by atoms with Crippen molar-refractivity contribution in [1.82, 2.24) is 9.80 Å². The second kappa shape index (κ2) is 11.0. The lowest BCUT2D eigenvalue weighted by atomic mass is 10.2. The summed E-state index contributed by atoms with van der Waals surface area (Å²) in [5, 5.41) is 3.95. The molecule has 8 heteroatoms. The number of hydrogen-bond acceptors (Lipinski definition) is 6. The second-order valence-electron chi connectivity index (χ2n) is 6.80. The summed E-state index contributed by atoms with van der Waals surface area (Å²) in [4.78, 5) is 4.55. The number of rotatable bonds is 9. The van der Waals surface area contributed by atoms with Crippen LogP contribution < -0.4 is 14.8 Å². The van der Waals surface area contributed by atoms with Gasteiger partial charge in [-0.25, -0.2) is 0 Å². The molecule has 7 nitrogen and oxygen atoms in total. The van der Waals surface area contributed by atoms with E-state index < -0.39 is 0 Å². The Hall–Kier alpha value is -2.29. The van der Waals surface area contributed by atoms with E-state index >= 15 is 0 Å². The summed E-state index contributed by atoms with van der Waals surface area (Å²) in [5.41, 5.74) is 0.802. The summed E-state index contributed by atoms with van der Waals surface area (Å²) in [6.07, 6.45) is 2.69. The molecule has 0 radical (unpaired) electrons. The van der Waals surface area contributed by atoms with Crippen LogP contribution in [-0.2, 0) is 11.3 Å². The molecular formula is C21H29N3O4S. The SMILES string of the molecule is COc1ccc(NC(=S)N(CCCN2CCOCC2)Cc2ccco2)c(OC)c1. The highest BCUT2D eigenvalue weighted by molar-refractivity contribution is 7.80. The molecule has 1 saturated heterocycles. The number of ether oxygens (including phenoxy) is 3. The van der Waals surface area contributed by atoms with Crippen LogP contribution in [0.4, 0.5) is 5.69 Å². The monoisotopic (exact) mass is 419 g/mol. The first kappa shape index (κ1) is 21.4. The zero-order valence-corrected chi connectivity index (χ0v) is 17.9. The van der Waals surface area contributed by atoms with Gasteiger partial charge in [0.25, 0.3) is 0 Å². The third kappa shape index (κ3) is 6.35. The summed E-state index contributed by atoms with van der Waals surface area (Å²) in [6, 6.07) is 9.47. The molecule has 0 amide bonds. The standard InChI is InChI=1S/C21H29N3O4S/c1-25-17-6-7-19(20(15-17)26-2)22-21(29)24(16-18-5-3-12-28-18)9-4-8-23-10-13-27-14-11-23/h3,5-7,12,15H,4,8-11,13-14,16H2,1-2H3,(H,22,29). The number of methoxy groups -OCH3 is 2. The molecule has 0 atom stereocenters. The fraction of sp³-hybridized carbons (Fsp3) is 0.476. The van der Waals surface area contributed by atoms with Crippen LogP contribution in [0.15, 0.2) is 41.0 Å². The summed E-state index contributed by atoms with van der Waals surface area (Å²) < 4.78 is 21.7. The van der Waals surface area contributed by atoms with E-state index in [0.29, 0.717) is 17.4 Å². The van der Waals surface area contributed by atoms with Crippen LogP contribution in [0.1, 0.15) is 12.2 Å². The van der Waals surface area contributed by atoms with E-state index in [1.54, 1.807) is 20.5 Å². The van der Waals surface area contributed by atoms with Crippen molar-refractivity contribution in [2.75, 3.05) is 58.9 Å². The minimum Gasteiger partial charge on any atom is -0.497 e. The molecule has 0 unspecified atom stereocenters. The van der Waals surface area contributed by atoms with Crippen molar-refractivity contribution in [1.29, 1.82) is 0 Å². The third-order valence-electron chi connectivity index (χ3n) is 4.87. The lowest BCUT2D eigenvalue weighted by Crippen LogP contribution is -2.40. The van der Waals surface area contributed by atoms with Crippen molar-refractivity contribution >= 4 is 23.0 Å². The van der Waals surface area contributed by atoms with E-state index in [2.05, 4.69) is 15.1 Å². The lowest BCUT2D eigenvalue weighted by molar-refractivity contribution is 0.0367. The summed E-state index contributed by atoms with van der Waals surface area (Å²) in [6.45, 7) is 6.06. The number of nitrogens with one attached hydrogen (secondary N) is 1. The van der Waals surface area contributed by atoms with Gasteiger partial charge in [-0.2, -0.15) is 0 Å². The average Bonchev–Trinajstić information content (AvgIpc) is 3.27. The minimum atomic E-state index is 0.612. The summed E-state index contributed by atoms with van der Waals surface area (Å²) in [5.74, 6) is 2.29. The molecule has 1 aromatic carbocycles. The maximum atomic E-state index is 5.72. The van der Waals surface area contributed by atoms with Gasteiger partial charge < -0.3 is 28.8 Å². The zero-order chi connectivity index (χ0) is 20.5. The Morgan fingerprint density at radius 1 is 1.21 bits per heavy atom. The fourth-order valence-corrected chi connectivity index (χ4v) is 3.51. The Balaban J connectivity index is 1.63. The van der Waals surface area contributed by atoms with Gasteiger partial charge in [-0.3, -0.25) is 4.90 Å². The van der Waals surface area contributed by atoms with Gasteiger partial charge in [0.15, 0.2) is 5.11 Å². The average molecular weight is 420 g/mol. The molecular weight excluding hydrogens is 390 g/mol. The number of benzene rings is 1. The molecule has 1 fully saturated rings. The van der Waals surface area contributed by atoms with E-state index in [4.69, 9.17) is 30.8 Å². The Morgan fingerprint density at radius 2 is 2.03 bits per heavy atom. The molecule has 1 aliphatic rings. The first-order chi connectivity index (χ1) is 14.2. The van der Waals surface area contributed by atoms with Crippen LogP contribution in [0.3, 0.4) is 0 Å². The molecule has 0 aliphatic carbocycles. The van der Waals surface area contributed by atoms with Crippen LogP contribution in [0.2, 0.25) is 0 Å². The van der Waals surface area contributed by atoms with Crippen LogP contribution in [0, 0.1) is 0 Å². The van der Waals surface area contributed by atoms with Gasteiger partial charge in [0.1, 0.15) is 17.3 Å². The van der Waals surface area contributed by atoms with Crippen LogP contribution in [0.25, 0.3) is 0 Å². The van der Waals surface area contributed by atoms with E-state index in [1.807, 2.05) is 30.3 Å². The number of furan rings is 1. The van der Waals surface area contributed by atoms with Gasteiger partial charge in [-0.15, -0.1) is 0 Å². The third-order valence-corrected chi connectivity index (χ3v) is 5.23. The Kier molecular flexibility index (Phi) is 8.15.